The first-order valence-corrected chi connectivity index (χ1v) is 3.14. The summed E-state index contributed by atoms with van der Waals surface area (Å²) in [6.07, 6.45) is 0.840. The molecule has 0 unspecified atom stereocenters. The van der Waals surface area contributed by atoms with Gasteiger partial charge in [0.1, 0.15) is 6.54 Å². The minimum absolute atomic E-state index is 0.114. The van der Waals surface area contributed by atoms with Gasteiger partial charge in [0.25, 0.3) is 0 Å². The SMILES string of the molecule is CC/C(C)=N/NCC(=O)O. The van der Waals surface area contributed by atoms with Gasteiger partial charge in [0.05, 0.1) is 0 Å². The number of rotatable bonds is 4. The van der Waals surface area contributed by atoms with Crippen LogP contribution in [0.1, 0.15) is 20.3 Å². The summed E-state index contributed by atoms with van der Waals surface area (Å²) in [5, 5.41) is 11.9. The highest BCUT2D eigenvalue weighted by Gasteiger charge is 1.91. The lowest BCUT2D eigenvalue weighted by molar-refractivity contribution is -0.135. The zero-order valence-electron chi connectivity index (χ0n) is 6.22. The fourth-order valence-corrected chi connectivity index (χ4v) is 0.321. The van der Waals surface area contributed by atoms with E-state index in [4.69, 9.17) is 5.11 Å². The Hall–Kier alpha value is -1.06. The Morgan fingerprint density at radius 1 is 1.70 bits per heavy atom. The van der Waals surface area contributed by atoms with Crippen LogP contribution in [0.2, 0.25) is 0 Å². The van der Waals surface area contributed by atoms with E-state index in [1.807, 2.05) is 13.8 Å². The highest BCUT2D eigenvalue weighted by atomic mass is 16.4. The quantitative estimate of drug-likeness (QED) is 0.444. The lowest BCUT2D eigenvalue weighted by Crippen LogP contribution is -2.18. The molecule has 0 aromatic carbocycles. The second-order valence-corrected chi connectivity index (χ2v) is 1.93. The third kappa shape index (κ3) is 5.08. The number of hydrazone groups is 1. The van der Waals surface area contributed by atoms with E-state index in [0.29, 0.717) is 0 Å². The van der Waals surface area contributed by atoms with Crippen molar-refractivity contribution in [1.82, 2.24) is 5.43 Å². The van der Waals surface area contributed by atoms with Gasteiger partial charge in [-0.3, -0.25) is 10.2 Å². The van der Waals surface area contributed by atoms with Gasteiger partial charge in [0.15, 0.2) is 0 Å². The minimum Gasteiger partial charge on any atom is -0.480 e. The molecule has 0 rings (SSSR count). The average Bonchev–Trinajstić information content (AvgIpc) is 1.87. The minimum atomic E-state index is -0.896. The van der Waals surface area contributed by atoms with E-state index in [9.17, 15) is 4.79 Å². The normalized spacial score (nSPS) is 11.2. The summed E-state index contributed by atoms with van der Waals surface area (Å²) in [6, 6.07) is 0. The number of aliphatic carboxylic acids is 1. The smallest absolute Gasteiger partial charge is 0.324 e. The van der Waals surface area contributed by atoms with Crippen LogP contribution in [0.15, 0.2) is 5.10 Å². The summed E-state index contributed by atoms with van der Waals surface area (Å²) >= 11 is 0. The van der Waals surface area contributed by atoms with Crippen molar-refractivity contribution >= 4 is 11.7 Å². The third-order valence-corrected chi connectivity index (χ3v) is 1.01. The third-order valence-electron chi connectivity index (χ3n) is 1.01. The van der Waals surface area contributed by atoms with Gasteiger partial charge in [-0.1, -0.05) is 6.92 Å². The van der Waals surface area contributed by atoms with E-state index in [2.05, 4.69) is 10.5 Å². The van der Waals surface area contributed by atoms with Crippen LogP contribution in [-0.4, -0.2) is 23.3 Å². The van der Waals surface area contributed by atoms with Crippen LogP contribution >= 0.6 is 0 Å². The molecule has 0 aliphatic rings. The number of carboxylic acid groups (broad SMARTS) is 1. The summed E-state index contributed by atoms with van der Waals surface area (Å²) in [6.45, 7) is 3.69. The van der Waals surface area contributed by atoms with E-state index in [1.54, 1.807) is 0 Å². The molecule has 58 valence electrons. The number of carbonyl (C=O) groups is 1. The topological polar surface area (TPSA) is 61.7 Å². The van der Waals surface area contributed by atoms with Gasteiger partial charge in [-0.15, -0.1) is 0 Å². The highest BCUT2D eigenvalue weighted by molar-refractivity contribution is 5.81. The number of hydrogen-bond donors (Lipinski definition) is 2. The van der Waals surface area contributed by atoms with Gasteiger partial charge in [-0.25, -0.2) is 0 Å². The van der Waals surface area contributed by atoms with Gasteiger partial charge in [-0.2, -0.15) is 5.10 Å². The molecular weight excluding hydrogens is 132 g/mol. The van der Waals surface area contributed by atoms with Crippen molar-refractivity contribution in [2.24, 2.45) is 5.10 Å². The van der Waals surface area contributed by atoms with Crippen LogP contribution in [0.25, 0.3) is 0 Å². The van der Waals surface area contributed by atoms with Gasteiger partial charge < -0.3 is 5.11 Å². The largest absolute Gasteiger partial charge is 0.480 e. The summed E-state index contributed by atoms with van der Waals surface area (Å²) in [4.78, 5) is 9.94. The zero-order valence-corrected chi connectivity index (χ0v) is 6.22. The number of carboxylic acids is 1. The molecule has 0 spiro atoms. The lowest BCUT2D eigenvalue weighted by Gasteiger charge is -1.95. The van der Waals surface area contributed by atoms with E-state index < -0.39 is 5.97 Å². The molecular formula is C6H12N2O2. The molecule has 0 radical (unpaired) electrons. The molecule has 0 aromatic heterocycles. The second kappa shape index (κ2) is 4.78. The van der Waals surface area contributed by atoms with Gasteiger partial charge in [0, 0.05) is 5.71 Å². The molecule has 2 N–H and O–H groups in total. The van der Waals surface area contributed by atoms with Crippen LogP contribution in [-0.2, 0) is 4.79 Å². The van der Waals surface area contributed by atoms with Crippen molar-refractivity contribution in [3.8, 4) is 0 Å². The van der Waals surface area contributed by atoms with Crippen molar-refractivity contribution in [2.75, 3.05) is 6.54 Å². The Kier molecular flexibility index (Phi) is 4.28. The molecule has 0 saturated carbocycles. The number of nitrogens with one attached hydrogen (secondary N) is 1. The Morgan fingerprint density at radius 3 is 2.70 bits per heavy atom. The Morgan fingerprint density at radius 2 is 2.30 bits per heavy atom. The summed E-state index contributed by atoms with van der Waals surface area (Å²) in [5.41, 5.74) is 3.33. The molecule has 4 nitrogen and oxygen atoms in total. The summed E-state index contributed by atoms with van der Waals surface area (Å²) in [7, 11) is 0. The number of hydrogen-bond acceptors (Lipinski definition) is 3. The fraction of sp³-hybridized carbons (Fsp3) is 0.667. The molecule has 4 heteroatoms. The van der Waals surface area contributed by atoms with E-state index in [1.165, 1.54) is 0 Å². The van der Waals surface area contributed by atoms with Crippen LogP contribution in [0.5, 0.6) is 0 Å². The lowest BCUT2D eigenvalue weighted by atomic mass is 10.3. The monoisotopic (exact) mass is 144 g/mol. The summed E-state index contributed by atoms with van der Waals surface area (Å²) in [5.74, 6) is -0.896. The fourth-order valence-electron chi connectivity index (χ4n) is 0.321. The molecule has 0 amide bonds. The van der Waals surface area contributed by atoms with Gasteiger partial charge in [0.2, 0.25) is 0 Å². The molecule has 0 heterocycles. The van der Waals surface area contributed by atoms with Crippen LogP contribution in [0, 0.1) is 0 Å². The Balaban J connectivity index is 3.43. The molecule has 0 fully saturated rings. The van der Waals surface area contributed by atoms with E-state index in [-0.39, 0.29) is 6.54 Å². The van der Waals surface area contributed by atoms with Crippen LogP contribution in [0.4, 0.5) is 0 Å². The zero-order chi connectivity index (χ0) is 7.98. The molecule has 0 aliphatic heterocycles. The van der Waals surface area contributed by atoms with Crippen molar-refractivity contribution in [3.05, 3.63) is 0 Å². The maximum atomic E-state index is 9.94. The van der Waals surface area contributed by atoms with E-state index in [0.717, 1.165) is 12.1 Å². The Labute approximate surface area is 59.9 Å². The van der Waals surface area contributed by atoms with Crippen LogP contribution in [0.3, 0.4) is 0 Å². The van der Waals surface area contributed by atoms with Gasteiger partial charge in [-0.05, 0) is 13.3 Å². The molecule has 0 bridgehead atoms. The molecule has 0 saturated heterocycles. The number of nitrogens with zero attached hydrogens (tertiary/aromatic N) is 1. The first-order valence-electron chi connectivity index (χ1n) is 3.14. The maximum absolute atomic E-state index is 9.94. The van der Waals surface area contributed by atoms with Crippen LogP contribution < -0.4 is 5.43 Å². The Bertz CT molecular complexity index is 143. The standard InChI is InChI=1S/C6H12N2O2/c1-3-5(2)8-7-4-6(9)10/h7H,3-4H2,1-2H3,(H,9,10)/b8-5+. The molecule has 0 aliphatic carbocycles. The van der Waals surface area contributed by atoms with Crippen molar-refractivity contribution < 1.29 is 9.90 Å². The molecule has 0 atom stereocenters. The predicted molar refractivity (Wildman–Crippen MR) is 39.0 cm³/mol. The molecule has 10 heavy (non-hydrogen) atoms. The second-order valence-electron chi connectivity index (χ2n) is 1.93. The average molecular weight is 144 g/mol. The van der Waals surface area contributed by atoms with Crippen molar-refractivity contribution in [2.45, 2.75) is 20.3 Å². The maximum Gasteiger partial charge on any atom is 0.324 e. The summed E-state index contributed by atoms with van der Waals surface area (Å²) < 4.78 is 0. The predicted octanol–water partition coefficient (Wildman–Crippen LogP) is 0.446. The first kappa shape index (κ1) is 8.94. The first-order chi connectivity index (χ1) is 4.66. The van der Waals surface area contributed by atoms with Crippen molar-refractivity contribution in [3.63, 3.8) is 0 Å². The highest BCUT2D eigenvalue weighted by Crippen LogP contribution is 1.79. The van der Waals surface area contributed by atoms with E-state index >= 15 is 0 Å². The molecule has 0 aromatic rings. The van der Waals surface area contributed by atoms with Crippen molar-refractivity contribution in [1.29, 1.82) is 0 Å². The van der Waals surface area contributed by atoms with Gasteiger partial charge >= 0.3 is 5.97 Å².